The van der Waals surface area contributed by atoms with E-state index in [2.05, 4.69) is 74.0 Å². The van der Waals surface area contributed by atoms with E-state index in [0.717, 1.165) is 31.9 Å². The molecular formula is C26H32N6O. The first kappa shape index (κ1) is 22.6. The van der Waals surface area contributed by atoms with Crippen molar-refractivity contribution in [2.75, 3.05) is 19.6 Å². The number of nitrogens with zero attached hydrogens (tertiary/aromatic N) is 3. The third kappa shape index (κ3) is 6.68. The van der Waals surface area contributed by atoms with Gasteiger partial charge in [-0.05, 0) is 42.0 Å². The Balaban J connectivity index is 1.37. The summed E-state index contributed by atoms with van der Waals surface area (Å²) in [5.74, 6) is 1.16. The number of benzene rings is 2. The molecule has 4 rings (SSSR count). The lowest BCUT2D eigenvalue weighted by atomic mass is 9.98. The average Bonchev–Trinajstić information content (AvgIpc) is 3.58. The van der Waals surface area contributed by atoms with Crippen LogP contribution in [0.4, 0.5) is 0 Å². The molecule has 33 heavy (non-hydrogen) atoms. The first-order valence-electron chi connectivity index (χ1n) is 11.7. The first-order valence-corrected chi connectivity index (χ1v) is 11.7. The minimum Gasteiger partial charge on any atom is -0.357 e. The van der Waals surface area contributed by atoms with Gasteiger partial charge in [0.15, 0.2) is 5.96 Å². The molecule has 1 aliphatic carbocycles. The molecule has 172 valence electrons. The number of aliphatic imine (C=N–C) groups is 1. The number of hydrogen-bond acceptors (Lipinski definition) is 3. The topological polar surface area (TPSA) is 83.3 Å². The van der Waals surface area contributed by atoms with E-state index in [4.69, 9.17) is 4.99 Å². The smallest absolute Gasteiger partial charge is 0.223 e. The molecule has 1 amide bonds. The predicted molar refractivity (Wildman–Crippen MR) is 132 cm³/mol. The Morgan fingerprint density at radius 3 is 2.58 bits per heavy atom. The van der Waals surface area contributed by atoms with Gasteiger partial charge in [0.25, 0.3) is 0 Å². The molecule has 0 radical (unpaired) electrons. The molecule has 0 atom stereocenters. The minimum atomic E-state index is 0.170. The first-order chi connectivity index (χ1) is 16.2. The maximum atomic E-state index is 11.8. The number of imidazole rings is 1. The fourth-order valence-corrected chi connectivity index (χ4v) is 3.68. The van der Waals surface area contributed by atoms with Crippen molar-refractivity contribution in [1.82, 2.24) is 25.5 Å². The fourth-order valence-electron chi connectivity index (χ4n) is 3.68. The highest BCUT2D eigenvalue weighted by Gasteiger charge is 2.28. The quantitative estimate of drug-likeness (QED) is 0.255. The van der Waals surface area contributed by atoms with Gasteiger partial charge in [-0.15, -0.1) is 0 Å². The number of amides is 1. The second-order valence-electron chi connectivity index (χ2n) is 8.28. The molecule has 1 saturated carbocycles. The lowest BCUT2D eigenvalue weighted by molar-refractivity contribution is -0.122. The van der Waals surface area contributed by atoms with Crippen LogP contribution in [0.5, 0.6) is 0 Å². The monoisotopic (exact) mass is 444 g/mol. The van der Waals surface area contributed by atoms with Crippen molar-refractivity contribution < 1.29 is 4.79 Å². The number of rotatable bonds is 10. The Bertz CT molecular complexity index is 1050. The normalized spacial score (nSPS) is 13.5. The summed E-state index contributed by atoms with van der Waals surface area (Å²) in [5.41, 5.74) is 4.76. The van der Waals surface area contributed by atoms with Crippen molar-refractivity contribution in [2.24, 2.45) is 10.9 Å². The van der Waals surface area contributed by atoms with Crippen molar-refractivity contribution in [3.8, 4) is 11.1 Å². The highest BCUT2D eigenvalue weighted by atomic mass is 16.2. The molecule has 1 fully saturated rings. The van der Waals surface area contributed by atoms with Gasteiger partial charge in [-0.3, -0.25) is 4.79 Å². The third-order valence-electron chi connectivity index (χ3n) is 5.62. The van der Waals surface area contributed by atoms with Crippen LogP contribution in [0.15, 0.2) is 72.2 Å². The molecule has 2 aromatic carbocycles. The largest absolute Gasteiger partial charge is 0.357 e. The summed E-state index contributed by atoms with van der Waals surface area (Å²) < 4.78 is 2.06. The molecule has 0 unspecified atom stereocenters. The minimum absolute atomic E-state index is 0.170. The lowest BCUT2D eigenvalue weighted by Gasteiger charge is -2.13. The van der Waals surface area contributed by atoms with E-state index >= 15 is 0 Å². The van der Waals surface area contributed by atoms with E-state index in [1.54, 1.807) is 6.20 Å². The van der Waals surface area contributed by atoms with Crippen LogP contribution in [0.1, 0.15) is 30.9 Å². The summed E-state index contributed by atoms with van der Waals surface area (Å²) in [6.07, 6.45) is 7.65. The number of nitrogens with one attached hydrogen (secondary N) is 3. The predicted octanol–water partition coefficient (Wildman–Crippen LogP) is 3.18. The number of carbonyl (C=O) groups is 1. The van der Waals surface area contributed by atoms with E-state index in [0.29, 0.717) is 19.6 Å². The molecule has 0 aliphatic heterocycles. The zero-order valence-electron chi connectivity index (χ0n) is 19.1. The summed E-state index contributed by atoms with van der Waals surface area (Å²) in [6.45, 7) is 5.44. The average molecular weight is 445 g/mol. The van der Waals surface area contributed by atoms with Gasteiger partial charge in [0.2, 0.25) is 5.91 Å². The summed E-state index contributed by atoms with van der Waals surface area (Å²) in [4.78, 5) is 20.6. The van der Waals surface area contributed by atoms with Gasteiger partial charge in [0.1, 0.15) is 0 Å². The molecular weight excluding hydrogens is 412 g/mol. The number of hydrogen-bond donors (Lipinski definition) is 3. The summed E-state index contributed by atoms with van der Waals surface area (Å²) in [6, 6.07) is 17.0. The molecule has 3 aromatic rings. The molecule has 7 heteroatoms. The highest BCUT2D eigenvalue weighted by molar-refractivity contribution is 5.81. The standard InChI is InChI=1S/C26H32N6O/c1-2-28-26(30-14-13-29-25(33)22-11-12-22)31-17-23-5-3-4-6-24(23)21-9-7-20(8-10-21)18-32-16-15-27-19-32/h3-10,15-16,19,22H,2,11-14,17-18H2,1H3,(H,29,33)(H2,28,30,31). The second-order valence-corrected chi connectivity index (χ2v) is 8.28. The van der Waals surface area contributed by atoms with Crippen molar-refractivity contribution in [2.45, 2.75) is 32.9 Å². The highest BCUT2D eigenvalue weighted by Crippen LogP contribution is 2.28. The Morgan fingerprint density at radius 2 is 1.85 bits per heavy atom. The SMILES string of the molecule is CCNC(=NCc1ccccc1-c1ccc(Cn2ccnc2)cc1)NCCNC(=O)C1CC1. The van der Waals surface area contributed by atoms with Crippen LogP contribution in [0.3, 0.4) is 0 Å². The number of guanidine groups is 1. The summed E-state index contributed by atoms with van der Waals surface area (Å²) in [5, 5.41) is 9.57. The molecule has 0 spiro atoms. The summed E-state index contributed by atoms with van der Waals surface area (Å²) >= 11 is 0. The van der Waals surface area contributed by atoms with Crippen LogP contribution >= 0.6 is 0 Å². The van der Waals surface area contributed by atoms with E-state index in [-0.39, 0.29) is 11.8 Å². The molecule has 0 saturated heterocycles. The van der Waals surface area contributed by atoms with Gasteiger partial charge in [0.05, 0.1) is 12.9 Å². The molecule has 1 heterocycles. The van der Waals surface area contributed by atoms with Crippen LogP contribution in [0, 0.1) is 5.92 Å². The van der Waals surface area contributed by atoms with Crippen molar-refractivity contribution in [3.05, 3.63) is 78.4 Å². The number of aromatic nitrogens is 2. The number of carbonyl (C=O) groups excluding carboxylic acids is 1. The Morgan fingerprint density at radius 1 is 1.06 bits per heavy atom. The third-order valence-corrected chi connectivity index (χ3v) is 5.62. The van der Waals surface area contributed by atoms with Crippen LogP contribution in [0.25, 0.3) is 11.1 Å². The maximum absolute atomic E-state index is 11.8. The molecule has 3 N–H and O–H groups in total. The van der Waals surface area contributed by atoms with Crippen LogP contribution in [-0.2, 0) is 17.9 Å². The fraction of sp³-hybridized carbons (Fsp3) is 0.346. The Labute approximate surface area is 195 Å². The summed E-state index contributed by atoms with van der Waals surface area (Å²) in [7, 11) is 0. The van der Waals surface area contributed by atoms with Gasteiger partial charge in [-0.25, -0.2) is 9.98 Å². The van der Waals surface area contributed by atoms with Crippen LogP contribution < -0.4 is 16.0 Å². The second kappa shape index (κ2) is 11.3. The Hall–Kier alpha value is -3.61. The van der Waals surface area contributed by atoms with Gasteiger partial charge in [0, 0.05) is 44.5 Å². The zero-order chi connectivity index (χ0) is 22.9. The maximum Gasteiger partial charge on any atom is 0.223 e. The molecule has 1 aliphatic rings. The van der Waals surface area contributed by atoms with Gasteiger partial charge in [-0.1, -0.05) is 48.5 Å². The molecule has 7 nitrogen and oxygen atoms in total. The van der Waals surface area contributed by atoms with Gasteiger partial charge >= 0.3 is 0 Å². The van der Waals surface area contributed by atoms with Crippen molar-refractivity contribution in [3.63, 3.8) is 0 Å². The van der Waals surface area contributed by atoms with Crippen LogP contribution in [-0.4, -0.2) is 41.1 Å². The van der Waals surface area contributed by atoms with Gasteiger partial charge in [-0.2, -0.15) is 0 Å². The van der Waals surface area contributed by atoms with E-state index in [1.165, 1.54) is 22.3 Å². The lowest BCUT2D eigenvalue weighted by Crippen LogP contribution is -2.41. The van der Waals surface area contributed by atoms with E-state index in [1.807, 2.05) is 19.4 Å². The molecule has 0 bridgehead atoms. The molecule has 1 aromatic heterocycles. The van der Waals surface area contributed by atoms with Gasteiger partial charge < -0.3 is 20.5 Å². The van der Waals surface area contributed by atoms with Crippen molar-refractivity contribution in [1.29, 1.82) is 0 Å². The Kier molecular flexibility index (Phi) is 7.74. The van der Waals surface area contributed by atoms with E-state index < -0.39 is 0 Å². The van der Waals surface area contributed by atoms with Crippen molar-refractivity contribution >= 4 is 11.9 Å². The van der Waals surface area contributed by atoms with Crippen LogP contribution in [0.2, 0.25) is 0 Å². The van der Waals surface area contributed by atoms with E-state index in [9.17, 15) is 4.79 Å². The zero-order valence-corrected chi connectivity index (χ0v) is 19.1.